The van der Waals surface area contributed by atoms with Crippen LogP contribution in [0.15, 0.2) is 36.4 Å². The molecule has 3 aromatic rings. The highest BCUT2D eigenvalue weighted by molar-refractivity contribution is 5.79. The Morgan fingerprint density at radius 2 is 1.72 bits per heavy atom. The molecule has 4 nitrogen and oxygen atoms in total. The highest BCUT2D eigenvalue weighted by Gasteiger charge is 2.08. The van der Waals surface area contributed by atoms with Crippen LogP contribution in [0.3, 0.4) is 0 Å². The van der Waals surface area contributed by atoms with Gasteiger partial charge in [0.15, 0.2) is 0 Å². The van der Waals surface area contributed by atoms with Crippen molar-refractivity contribution in [3.05, 3.63) is 42.2 Å². The van der Waals surface area contributed by atoms with E-state index in [-0.39, 0.29) is 17.3 Å². The molecule has 0 saturated heterocycles. The average molecular weight is 244 g/mol. The molecule has 0 saturated carbocycles. The standard InChI is InChI=1S/C13H9FN2O2/c14-8-1-2-11-12(5-8)16-13(15-11)7-3-9(17)6-10(18)4-7/h1-6,17-18H,(H,15,16). The molecule has 0 amide bonds. The summed E-state index contributed by atoms with van der Waals surface area (Å²) in [6.45, 7) is 0. The number of aromatic amines is 1. The van der Waals surface area contributed by atoms with Gasteiger partial charge in [-0.1, -0.05) is 0 Å². The third-order valence-corrected chi connectivity index (χ3v) is 2.62. The molecule has 0 aliphatic rings. The topological polar surface area (TPSA) is 69.1 Å². The molecule has 0 aliphatic carbocycles. The van der Waals surface area contributed by atoms with E-state index >= 15 is 0 Å². The number of phenols is 2. The second-order valence-electron chi connectivity index (χ2n) is 3.98. The molecule has 0 fully saturated rings. The monoisotopic (exact) mass is 244 g/mol. The highest BCUT2D eigenvalue weighted by atomic mass is 19.1. The van der Waals surface area contributed by atoms with Gasteiger partial charge >= 0.3 is 0 Å². The fourth-order valence-electron chi connectivity index (χ4n) is 1.85. The van der Waals surface area contributed by atoms with Crippen LogP contribution < -0.4 is 0 Å². The van der Waals surface area contributed by atoms with Crippen LogP contribution in [0.1, 0.15) is 0 Å². The third-order valence-electron chi connectivity index (χ3n) is 2.62. The number of nitrogens with zero attached hydrogens (tertiary/aromatic N) is 1. The van der Waals surface area contributed by atoms with Crippen LogP contribution in [-0.2, 0) is 0 Å². The molecule has 3 N–H and O–H groups in total. The molecular formula is C13H9FN2O2. The molecule has 1 heterocycles. The van der Waals surface area contributed by atoms with Crippen LogP contribution in [0, 0.1) is 5.82 Å². The van der Waals surface area contributed by atoms with Gasteiger partial charge in [0, 0.05) is 11.6 Å². The number of H-pyrrole nitrogens is 1. The number of fused-ring (bicyclic) bond motifs is 1. The molecule has 0 aliphatic heterocycles. The molecular weight excluding hydrogens is 235 g/mol. The van der Waals surface area contributed by atoms with Gasteiger partial charge in [0.1, 0.15) is 23.1 Å². The first-order valence-electron chi connectivity index (χ1n) is 5.30. The van der Waals surface area contributed by atoms with Crippen LogP contribution in [-0.4, -0.2) is 20.2 Å². The summed E-state index contributed by atoms with van der Waals surface area (Å²) in [4.78, 5) is 7.20. The Labute approximate surface area is 101 Å². The lowest BCUT2D eigenvalue weighted by Gasteiger charge is -1.99. The summed E-state index contributed by atoms with van der Waals surface area (Å²) in [6.07, 6.45) is 0. The number of rotatable bonds is 1. The molecule has 2 aromatic carbocycles. The Balaban J connectivity index is 2.19. The predicted octanol–water partition coefficient (Wildman–Crippen LogP) is 2.78. The van der Waals surface area contributed by atoms with Crippen LogP contribution in [0.2, 0.25) is 0 Å². The van der Waals surface area contributed by atoms with Crippen molar-refractivity contribution in [1.29, 1.82) is 0 Å². The Kier molecular flexibility index (Phi) is 2.19. The van der Waals surface area contributed by atoms with E-state index in [4.69, 9.17) is 0 Å². The lowest BCUT2D eigenvalue weighted by molar-refractivity contribution is 0.451. The number of benzene rings is 2. The number of phenolic OH excluding ortho intramolecular Hbond substituents is 2. The van der Waals surface area contributed by atoms with E-state index in [1.165, 1.54) is 30.3 Å². The van der Waals surface area contributed by atoms with E-state index in [1.54, 1.807) is 6.07 Å². The van der Waals surface area contributed by atoms with E-state index in [1.807, 2.05) is 0 Å². The van der Waals surface area contributed by atoms with Gasteiger partial charge in [-0.15, -0.1) is 0 Å². The van der Waals surface area contributed by atoms with Gasteiger partial charge in [-0.25, -0.2) is 9.37 Å². The van der Waals surface area contributed by atoms with Gasteiger partial charge in [-0.3, -0.25) is 0 Å². The van der Waals surface area contributed by atoms with Crippen molar-refractivity contribution in [2.45, 2.75) is 0 Å². The molecule has 5 heteroatoms. The molecule has 0 unspecified atom stereocenters. The average Bonchev–Trinajstić information content (AvgIpc) is 2.70. The zero-order valence-electron chi connectivity index (χ0n) is 9.18. The molecule has 90 valence electrons. The van der Waals surface area contributed by atoms with Crippen molar-refractivity contribution < 1.29 is 14.6 Å². The van der Waals surface area contributed by atoms with Gasteiger partial charge in [0.25, 0.3) is 0 Å². The molecule has 0 spiro atoms. The maximum Gasteiger partial charge on any atom is 0.138 e. The van der Waals surface area contributed by atoms with E-state index in [9.17, 15) is 14.6 Å². The number of hydrogen-bond donors (Lipinski definition) is 3. The normalized spacial score (nSPS) is 10.9. The Bertz CT molecular complexity index is 717. The quantitative estimate of drug-likeness (QED) is 0.616. The molecule has 18 heavy (non-hydrogen) atoms. The van der Waals surface area contributed by atoms with Gasteiger partial charge in [0.2, 0.25) is 0 Å². The lowest BCUT2D eigenvalue weighted by Crippen LogP contribution is -1.80. The minimum Gasteiger partial charge on any atom is -0.508 e. The Morgan fingerprint density at radius 1 is 1.00 bits per heavy atom. The van der Waals surface area contributed by atoms with E-state index in [0.29, 0.717) is 22.4 Å². The fourth-order valence-corrected chi connectivity index (χ4v) is 1.85. The summed E-state index contributed by atoms with van der Waals surface area (Å²) >= 11 is 0. The number of aromatic nitrogens is 2. The van der Waals surface area contributed by atoms with Gasteiger partial charge in [-0.05, 0) is 30.3 Å². The molecule has 0 radical (unpaired) electrons. The molecule has 3 rings (SSSR count). The second-order valence-corrected chi connectivity index (χ2v) is 3.98. The minimum atomic E-state index is -0.351. The number of nitrogens with one attached hydrogen (secondary N) is 1. The number of aromatic hydroxyl groups is 2. The lowest BCUT2D eigenvalue weighted by atomic mass is 10.2. The summed E-state index contributed by atoms with van der Waals surface area (Å²) in [5, 5.41) is 18.8. The fraction of sp³-hybridized carbons (Fsp3) is 0. The van der Waals surface area contributed by atoms with Crippen molar-refractivity contribution in [1.82, 2.24) is 9.97 Å². The Morgan fingerprint density at radius 3 is 2.44 bits per heavy atom. The van der Waals surface area contributed by atoms with E-state index < -0.39 is 0 Å². The first kappa shape index (κ1) is 10.6. The first-order chi connectivity index (χ1) is 8.61. The van der Waals surface area contributed by atoms with Crippen molar-refractivity contribution >= 4 is 11.0 Å². The third kappa shape index (κ3) is 1.75. The zero-order chi connectivity index (χ0) is 12.7. The van der Waals surface area contributed by atoms with E-state index in [0.717, 1.165) is 0 Å². The summed E-state index contributed by atoms with van der Waals surface area (Å²) in [5.74, 6) is -0.00784. The summed E-state index contributed by atoms with van der Waals surface area (Å²) in [6, 6.07) is 8.39. The SMILES string of the molecule is Oc1cc(O)cc(-c2nc3ccc(F)cc3[nH]2)c1. The van der Waals surface area contributed by atoms with Crippen molar-refractivity contribution in [2.75, 3.05) is 0 Å². The van der Waals surface area contributed by atoms with Gasteiger partial charge < -0.3 is 15.2 Å². The first-order valence-corrected chi connectivity index (χ1v) is 5.30. The minimum absolute atomic E-state index is 0.0587. The molecule has 0 atom stereocenters. The van der Waals surface area contributed by atoms with Crippen LogP contribution in [0.5, 0.6) is 11.5 Å². The van der Waals surface area contributed by atoms with Crippen molar-refractivity contribution in [3.8, 4) is 22.9 Å². The van der Waals surface area contributed by atoms with Crippen LogP contribution in [0.4, 0.5) is 4.39 Å². The number of imidazole rings is 1. The molecule has 1 aromatic heterocycles. The summed E-state index contributed by atoms with van der Waals surface area (Å²) in [5.41, 5.74) is 1.71. The molecule has 0 bridgehead atoms. The Hall–Kier alpha value is -2.56. The van der Waals surface area contributed by atoms with Crippen molar-refractivity contribution in [2.24, 2.45) is 0 Å². The zero-order valence-corrected chi connectivity index (χ0v) is 9.18. The second kappa shape index (κ2) is 3.73. The van der Waals surface area contributed by atoms with Crippen LogP contribution >= 0.6 is 0 Å². The van der Waals surface area contributed by atoms with E-state index in [2.05, 4.69) is 9.97 Å². The maximum atomic E-state index is 13.0. The maximum absolute atomic E-state index is 13.0. The smallest absolute Gasteiger partial charge is 0.138 e. The predicted molar refractivity (Wildman–Crippen MR) is 64.8 cm³/mol. The number of halogens is 1. The number of hydrogen-bond acceptors (Lipinski definition) is 3. The van der Waals surface area contributed by atoms with Gasteiger partial charge in [-0.2, -0.15) is 0 Å². The van der Waals surface area contributed by atoms with Gasteiger partial charge in [0.05, 0.1) is 11.0 Å². The van der Waals surface area contributed by atoms with Crippen molar-refractivity contribution in [3.63, 3.8) is 0 Å². The largest absolute Gasteiger partial charge is 0.508 e. The highest BCUT2D eigenvalue weighted by Crippen LogP contribution is 2.28. The summed E-state index contributed by atoms with van der Waals surface area (Å²) < 4.78 is 13.0. The summed E-state index contributed by atoms with van der Waals surface area (Å²) in [7, 11) is 0. The van der Waals surface area contributed by atoms with Crippen LogP contribution in [0.25, 0.3) is 22.4 Å².